The maximum atomic E-state index is 4.46. The highest BCUT2D eigenvalue weighted by Crippen LogP contribution is 2.20. The molecule has 0 amide bonds. The number of rotatable bonds is 3. The number of nitrogens with one attached hydrogen (secondary N) is 1. The topological polar surface area (TPSA) is 41.6 Å². The second-order valence-corrected chi connectivity index (χ2v) is 4.64. The fraction of sp³-hybridized carbons (Fsp3) is 0.0769. The van der Waals surface area contributed by atoms with E-state index < -0.39 is 0 Å². The van der Waals surface area contributed by atoms with E-state index in [1.54, 1.807) is 11.3 Å². The minimum atomic E-state index is 0.838. The molecule has 0 fully saturated rings. The van der Waals surface area contributed by atoms with Gasteiger partial charge in [-0.15, -0.1) is 11.3 Å². The summed E-state index contributed by atoms with van der Waals surface area (Å²) in [7, 11) is 0. The lowest BCUT2D eigenvalue weighted by atomic mass is 10.2. The second-order valence-electron chi connectivity index (χ2n) is 3.75. The monoisotopic (exact) mass is 241 g/mol. The zero-order valence-electron chi connectivity index (χ0n) is 9.13. The fourth-order valence-electron chi connectivity index (χ4n) is 1.69. The van der Waals surface area contributed by atoms with Crippen LogP contribution >= 0.6 is 11.3 Å². The summed E-state index contributed by atoms with van der Waals surface area (Å²) in [6.45, 7) is 0. The van der Waals surface area contributed by atoms with Crippen molar-refractivity contribution in [2.24, 2.45) is 0 Å². The van der Waals surface area contributed by atoms with Crippen LogP contribution in [0.5, 0.6) is 0 Å². The zero-order valence-corrected chi connectivity index (χ0v) is 9.95. The number of hydrogen-bond donors (Lipinski definition) is 1. The zero-order chi connectivity index (χ0) is 11.5. The van der Waals surface area contributed by atoms with Crippen LogP contribution in [0.15, 0.2) is 48.2 Å². The lowest BCUT2D eigenvalue weighted by molar-refractivity contribution is 1.03. The highest BCUT2D eigenvalue weighted by Gasteiger charge is 2.02. The molecule has 4 heteroatoms. The van der Waals surface area contributed by atoms with E-state index in [1.807, 2.05) is 30.0 Å². The Kier molecular flexibility index (Phi) is 2.71. The summed E-state index contributed by atoms with van der Waals surface area (Å²) in [6, 6.07) is 8.19. The van der Waals surface area contributed by atoms with Gasteiger partial charge in [-0.3, -0.25) is 4.98 Å². The van der Waals surface area contributed by atoms with E-state index in [1.165, 1.54) is 5.69 Å². The van der Waals surface area contributed by atoms with Crippen molar-refractivity contribution < 1.29 is 0 Å². The first-order valence-electron chi connectivity index (χ1n) is 5.39. The number of aromatic amines is 1. The predicted molar refractivity (Wildman–Crippen MR) is 68.9 cm³/mol. The first-order valence-corrected chi connectivity index (χ1v) is 6.27. The molecule has 0 atom stereocenters. The van der Waals surface area contributed by atoms with Gasteiger partial charge in [-0.05, 0) is 24.3 Å². The predicted octanol–water partition coefficient (Wildman–Crippen LogP) is 3.12. The molecular formula is C13H11N3S. The van der Waals surface area contributed by atoms with E-state index in [0.29, 0.717) is 0 Å². The normalized spacial score (nSPS) is 10.6. The third kappa shape index (κ3) is 2.26. The SMILES string of the molecule is c1c[nH]c(Cc2ccc(-c3nccs3)cn2)c1. The Morgan fingerprint density at radius 2 is 2.18 bits per heavy atom. The van der Waals surface area contributed by atoms with Gasteiger partial charge in [0.1, 0.15) is 5.01 Å². The molecular weight excluding hydrogens is 230 g/mol. The van der Waals surface area contributed by atoms with Crippen molar-refractivity contribution in [3.63, 3.8) is 0 Å². The summed E-state index contributed by atoms with van der Waals surface area (Å²) >= 11 is 1.63. The third-order valence-electron chi connectivity index (χ3n) is 2.54. The maximum Gasteiger partial charge on any atom is 0.124 e. The fourth-order valence-corrected chi connectivity index (χ4v) is 2.32. The molecule has 0 spiro atoms. The third-order valence-corrected chi connectivity index (χ3v) is 3.36. The van der Waals surface area contributed by atoms with Crippen LogP contribution in [-0.2, 0) is 6.42 Å². The lowest BCUT2D eigenvalue weighted by Crippen LogP contribution is -1.92. The van der Waals surface area contributed by atoms with Crippen LogP contribution in [0.25, 0.3) is 10.6 Å². The van der Waals surface area contributed by atoms with Crippen molar-refractivity contribution in [2.75, 3.05) is 0 Å². The molecule has 3 aromatic heterocycles. The molecule has 3 aromatic rings. The van der Waals surface area contributed by atoms with E-state index in [9.17, 15) is 0 Å². The summed E-state index contributed by atoms with van der Waals surface area (Å²) in [5, 5.41) is 2.99. The second kappa shape index (κ2) is 4.51. The van der Waals surface area contributed by atoms with Crippen molar-refractivity contribution >= 4 is 11.3 Å². The van der Waals surface area contributed by atoms with Crippen LogP contribution in [0.2, 0.25) is 0 Å². The Morgan fingerprint density at radius 1 is 1.18 bits per heavy atom. The van der Waals surface area contributed by atoms with Crippen molar-refractivity contribution in [2.45, 2.75) is 6.42 Å². The summed E-state index contributed by atoms with van der Waals surface area (Å²) < 4.78 is 0. The van der Waals surface area contributed by atoms with Crippen molar-refractivity contribution in [3.8, 4) is 10.6 Å². The molecule has 84 valence electrons. The van der Waals surface area contributed by atoms with Crippen LogP contribution in [0, 0.1) is 0 Å². The number of pyridine rings is 1. The van der Waals surface area contributed by atoms with Gasteiger partial charge in [-0.2, -0.15) is 0 Å². The van der Waals surface area contributed by atoms with Crippen LogP contribution in [0.1, 0.15) is 11.4 Å². The molecule has 17 heavy (non-hydrogen) atoms. The lowest BCUT2D eigenvalue weighted by Gasteiger charge is -2.00. The first kappa shape index (κ1) is 10.2. The number of aromatic nitrogens is 3. The van der Waals surface area contributed by atoms with Crippen LogP contribution < -0.4 is 0 Å². The van der Waals surface area contributed by atoms with Gasteiger partial charge in [0.25, 0.3) is 0 Å². The van der Waals surface area contributed by atoms with Gasteiger partial charge in [-0.1, -0.05) is 0 Å². The number of thiazole rings is 1. The molecule has 0 saturated carbocycles. The Labute approximate surface area is 103 Å². The van der Waals surface area contributed by atoms with E-state index in [-0.39, 0.29) is 0 Å². The molecule has 0 bridgehead atoms. The minimum Gasteiger partial charge on any atom is -0.365 e. The average molecular weight is 241 g/mol. The summed E-state index contributed by atoms with van der Waals surface area (Å²) in [5.41, 5.74) is 3.32. The Bertz CT molecular complexity index is 568. The summed E-state index contributed by atoms with van der Waals surface area (Å²) in [5.74, 6) is 0. The molecule has 3 heterocycles. The van der Waals surface area contributed by atoms with E-state index in [2.05, 4.69) is 33.2 Å². The maximum absolute atomic E-state index is 4.46. The molecule has 0 saturated heterocycles. The Balaban J connectivity index is 1.81. The van der Waals surface area contributed by atoms with Gasteiger partial charge in [0.05, 0.1) is 0 Å². The Hall–Kier alpha value is -1.94. The van der Waals surface area contributed by atoms with Gasteiger partial charge >= 0.3 is 0 Å². The van der Waals surface area contributed by atoms with Gasteiger partial charge < -0.3 is 4.98 Å². The molecule has 0 aliphatic rings. The molecule has 0 aromatic carbocycles. The van der Waals surface area contributed by atoms with E-state index >= 15 is 0 Å². The number of nitrogens with zero attached hydrogens (tertiary/aromatic N) is 2. The first-order chi connectivity index (χ1) is 8.42. The molecule has 1 N–H and O–H groups in total. The van der Waals surface area contributed by atoms with Crippen LogP contribution in [-0.4, -0.2) is 15.0 Å². The van der Waals surface area contributed by atoms with Gasteiger partial charge in [0.2, 0.25) is 0 Å². The van der Waals surface area contributed by atoms with Crippen molar-refractivity contribution in [3.05, 3.63) is 59.6 Å². The van der Waals surface area contributed by atoms with Crippen LogP contribution in [0.4, 0.5) is 0 Å². The van der Waals surface area contributed by atoms with Gasteiger partial charge in [0, 0.05) is 47.3 Å². The molecule has 0 aliphatic heterocycles. The molecule has 0 radical (unpaired) electrons. The van der Waals surface area contributed by atoms with E-state index in [4.69, 9.17) is 0 Å². The van der Waals surface area contributed by atoms with Crippen LogP contribution in [0.3, 0.4) is 0 Å². The number of H-pyrrole nitrogens is 1. The average Bonchev–Trinajstić information content (AvgIpc) is 3.01. The molecule has 0 unspecified atom stereocenters. The largest absolute Gasteiger partial charge is 0.365 e. The smallest absolute Gasteiger partial charge is 0.124 e. The highest BCUT2D eigenvalue weighted by atomic mass is 32.1. The molecule has 3 nitrogen and oxygen atoms in total. The van der Waals surface area contributed by atoms with Crippen molar-refractivity contribution in [1.29, 1.82) is 0 Å². The number of hydrogen-bond acceptors (Lipinski definition) is 3. The minimum absolute atomic E-state index is 0.838. The Morgan fingerprint density at radius 3 is 2.82 bits per heavy atom. The van der Waals surface area contributed by atoms with Gasteiger partial charge in [0.15, 0.2) is 0 Å². The van der Waals surface area contributed by atoms with Crippen molar-refractivity contribution in [1.82, 2.24) is 15.0 Å². The standard InChI is InChI=1S/C13H11N3S/c1-2-11(14-5-1)8-12-4-3-10(9-16-12)13-15-6-7-17-13/h1-7,9,14H,8H2. The van der Waals surface area contributed by atoms with Gasteiger partial charge in [-0.25, -0.2) is 4.98 Å². The van der Waals surface area contributed by atoms with E-state index in [0.717, 1.165) is 22.7 Å². The molecule has 0 aliphatic carbocycles. The highest BCUT2D eigenvalue weighted by molar-refractivity contribution is 7.13. The quantitative estimate of drug-likeness (QED) is 0.765. The summed E-state index contributed by atoms with van der Waals surface area (Å²) in [6.07, 6.45) is 6.47. The summed E-state index contributed by atoms with van der Waals surface area (Å²) in [4.78, 5) is 11.9. The molecule has 3 rings (SSSR count).